The zero-order valence-corrected chi connectivity index (χ0v) is 19.9. The van der Waals surface area contributed by atoms with E-state index >= 15 is 0 Å². The number of ketones is 1. The van der Waals surface area contributed by atoms with Crippen LogP contribution in [0.3, 0.4) is 0 Å². The van der Waals surface area contributed by atoms with Crippen LogP contribution in [0.25, 0.3) is 11.4 Å². The Hall–Kier alpha value is -3.70. The second kappa shape index (κ2) is 10.3. The molecule has 2 aromatic heterocycles. The Morgan fingerprint density at radius 1 is 1.14 bits per heavy atom. The standard InChI is InChI=1S/C23H17ClF2N4O4S/c1-3-33-22(32)12(2)30(16-9-7-14(25)8-10-16)23-27-19(24)18(35-23)17(31)21-28-20(29-34-21)13-5-4-6-15(26)11-13/h4-12H,3H2,1-2H3/t12-/m0/s1. The minimum absolute atomic E-state index is 0.0146. The third kappa shape index (κ3) is 5.20. The van der Waals surface area contributed by atoms with Gasteiger partial charge in [0.1, 0.15) is 22.6 Å². The third-order valence-electron chi connectivity index (χ3n) is 4.81. The summed E-state index contributed by atoms with van der Waals surface area (Å²) in [6.07, 6.45) is 0. The van der Waals surface area contributed by atoms with E-state index < -0.39 is 29.4 Å². The van der Waals surface area contributed by atoms with Gasteiger partial charge in [-0.05, 0) is 50.2 Å². The van der Waals surface area contributed by atoms with E-state index in [0.29, 0.717) is 11.3 Å². The topological polar surface area (TPSA) is 98.4 Å². The molecule has 0 N–H and O–H groups in total. The smallest absolute Gasteiger partial charge is 0.328 e. The summed E-state index contributed by atoms with van der Waals surface area (Å²) in [4.78, 5) is 35.3. The number of nitrogens with zero attached hydrogens (tertiary/aromatic N) is 4. The Morgan fingerprint density at radius 3 is 2.57 bits per heavy atom. The highest BCUT2D eigenvalue weighted by Crippen LogP contribution is 2.37. The molecule has 0 bridgehead atoms. The predicted octanol–water partition coefficient (Wildman–Crippen LogP) is 5.45. The average molecular weight is 519 g/mol. The first kappa shape index (κ1) is 24.4. The number of anilines is 2. The molecular weight excluding hydrogens is 502 g/mol. The minimum Gasteiger partial charge on any atom is -0.464 e. The van der Waals surface area contributed by atoms with Crippen molar-refractivity contribution >= 4 is 45.5 Å². The first-order valence-corrected chi connectivity index (χ1v) is 11.5. The van der Waals surface area contributed by atoms with Crippen LogP contribution >= 0.6 is 22.9 Å². The number of aromatic nitrogens is 3. The molecule has 0 unspecified atom stereocenters. The van der Waals surface area contributed by atoms with E-state index in [1.807, 2.05) is 0 Å². The first-order chi connectivity index (χ1) is 16.8. The van der Waals surface area contributed by atoms with Gasteiger partial charge in [-0.2, -0.15) is 4.98 Å². The number of rotatable bonds is 8. The molecule has 0 saturated carbocycles. The molecule has 4 rings (SSSR count). The molecule has 1 atom stereocenters. The lowest BCUT2D eigenvalue weighted by Gasteiger charge is -2.27. The zero-order valence-electron chi connectivity index (χ0n) is 18.4. The van der Waals surface area contributed by atoms with E-state index in [1.165, 1.54) is 47.4 Å². The van der Waals surface area contributed by atoms with Crippen molar-refractivity contribution in [2.45, 2.75) is 19.9 Å². The molecule has 180 valence electrons. The fraction of sp³-hybridized carbons (Fsp3) is 0.174. The predicted molar refractivity (Wildman–Crippen MR) is 125 cm³/mol. The molecule has 35 heavy (non-hydrogen) atoms. The molecule has 2 heterocycles. The van der Waals surface area contributed by atoms with Crippen LogP contribution in [-0.2, 0) is 9.53 Å². The number of ether oxygens (including phenoxy) is 1. The molecule has 12 heteroatoms. The summed E-state index contributed by atoms with van der Waals surface area (Å²) in [5, 5.41) is 3.77. The summed E-state index contributed by atoms with van der Waals surface area (Å²) >= 11 is 7.16. The Bertz CT molecular complexity index is 1380. The Kier molecular flexibility index (Phi) is 7.17. The Balaban J connectivity index is 1.68. The monoisotopic (exact) mass is 518 g/mol. The number of carbonyl (C=O) groups is 2. The minimum atomic E-state index is -0.867. The molecule has 4 aromatic rings. The van der Waals surface area contributed by atoms with Gasteiger partial charge in [0, 0.05) is 11.3 Å². The molecule has 0 aliphatic carbocycles. The fourth-order valence-electron chi connectivity index (χ4n) is 3.16. The van der Waals surface area contributed by atoms with Gasteiger partial charge in [0.2, 0.25) is 5.82 Å². The van der Waals surface area contributed by atoms with E-state index in [4.69, 9.17) is 20.9 Å². The van der Waals surface area contributed by atoms with Gasteiger partial charge in [-0.25, -0.2) is 18.6 Å². The van der Waals surface area contributed by atoms with E-state index in [9.17, 15) is 18.4 Å². The van der Waals surface area contributed by atoms with Crippen LogP contribution < -0.4 is 4.90 Å². The van der Waals surface area contributed by atoms with E-state index in [1.54, 1.807) is 19.9 Å². The number of thiazole rings is 1. The molecule has 0 amide bonds. The van der Waals surface area contributed by atoms with Crippen LogP contribution in [0.4, 0.5) is 19.6 Å². The van der Waals surface area contributed by atoms with Crippen LogP contribution in [0.5, 0.6) is 0 Å². The van der Waals surface area contributed by atoms with Crippen LogP contribution in [0.2, 0.25) is 5.15 Å². The van der Waals surface area contributed by atoms with Crippen molar-refractivity contribution in [2.75, 3.05) is 11.5 Å². The second-order valence-electron chi connectivity index (χ2n) is 7.15. The number of benzene rings is 2. The second-order valence-corrected chi connectivity index (χ2v) is 8.49. The van der Waals surface area contributed by atoms with Crippen molar-refractivity contribution in [2.24, 2.45) is 0 Å². The van der Waals surface area contributed by atoms with Crippen molar-refractivity contribution < 1.29 is 27.6 Å². The number of hydrogen-bond donors (Lipinski definition) is 0. The summed E-state index contributed by atoms with van der Waals surface area (Å²) in [5.74, 6) is -2.54. The molecule has 0 radical (unpaired) electrons. The summed E-state index contributed by atoms with van der Waals surface area (Å²) in [5.41, 5.74) is 0.761. The quantitative estimate of drug-likeness (QED) is 0.224. The Morgan fingerprint density at radius 2 is 1.89 bits per heavy atom. The van der Waals surface area contributed by atoms with Crippen LogP contribution in [-0.4, -0.2) is 39.5 Å². The third-order valence-corrected chi connectivity index (χ3v) is 6.25. The molecule has 2 aromatic carbocycles. The van der Waals surface area contributed by atoms with E-state index in [-0.39, 0.29) is 33.5 Å². The van der Waals surface area contributed by atoms with Gasteiger partial charge in [-0.3, -0.25) is 4.79 Å². The molecule has 0 fully saturated rings. The molecule has 0 spiro atoms. The lowest BCUT2D eigenvalue weighted by atomic mass is 10.2. The lowest BCUT2D eigenvalue weighted by molar-refractivity contribution is -0.144. The maximum absolute atomic E-state index is 13.5. The number of halogens is 3. The van der Waals surface area contributed by atoms with Crippen molar-refractivity contribution in [1.82, 2.24) is 15.1 Å². The Labute approximate surface area is 207 Å². The highest BCUT2D eigenvalue weighted by molar-refractivity contribution is 7.18. The molecular formula is C23H17ClF2N4O4S. The highest BCUT2D eigenvalue weighted by Gasteiger charge is 2.31. The van der Waals surface area contributed by atoms with Crippen LogP contribution in [0.15, 0.2) is 53.1 Å². The van der Waals surface area contributed by atoms with Gasteiger partial charge in [0.25, 0.3) is 11.7 Å². The van der Waals surface area contributed by atoms with Gasteiger partial charge < -0.3 is 14.2 Å². The number of esters is 1. The van der Waals surface area contributed by atoms with Crippen LogP contribution in [0.1, 0.15) is 29.4 Å². The maximum Gasteiger partial charge on any atom is 0.328 e. The maximum atomic E-state index is 13.5. The van der Waals surface area contributed by atoms with Gasteiger partial charge in [0.05, 0.1) is 6.61 Å². The van der Waals surface area contributed by atoms with Gasteiger partial charge in [0.15, 0.2) is 10.3 Å². The fourth-order valence-corrected chi connectivity index (χ4v) is 4.48. The first-order valence-electron chi connectivity index (χ1n) is 10.3. The van der Waals surface area contributed by atoms with Gasteiger partial charge in [-0.1, -0.05) is 40.2 Å². The summed E-state index contributed by atoms with van der Waals surface area (Å²) in [6, 6.07) is 10.0. The highest BCUT2D eigenvalue weighted by atomic mass is 35.5. The SMILES string of the molecule is CCOC(=O)[C@H](C)N(c1ccc(F)cc1)c1nc(Cl)c(C(=O)c2nc(-c3cccc(F)c3)no2)s1. The van der Waals surface area contributed by atoms with E-state index in [2.05, 4.69) is 15.1 Å². The molecule has 0 aliphatic heterocycles. The number of hydrogen-bond acceptors (Lipinski definition) is 9. The van der Waals surface area contributed by atoms with Gasteiger partial charge >= 0.3 is 5.97 Å². The van der Waals surface area contributed by atoms with E-state index in [0.717, 1.165) is 11.3 Å². The summed E-state index contributed by atoms with van der Waals surface area (Å²) in [7, 11) is 0. The lowest BCUT2D eigenvalue weighted by Crippen LogP contribution is -2.36. The summed E-state index contributed by atoms with van der Waals surface area (Å²) in [6.45, 7) is 3.42. The van der Waals surface area contributed by atoms with Crippen molar-refractivity contribution in [3.8, 4) is 11.4 Å². The molecule has 0 aliphatic rings. The van der Waals surface area contributed by atoms with Crippen LogP contribution in [0, 0.1) is 11.6 Å². The molecule has 8 nitrogen and oxygen atoms in total. The normalized spacial score (nSPS) is 11.8. The van der Waals surface area contributed by atoms with Crippen molar-refractivity contribution in [3.63, 3.8) is 0 Å². The summed E-state index contributed by atoms with van der Waals surface area (Å²) < 4.78 is 37.2. The molecule has 0 saturated heterocycles. The average Bonchev–Trinajstić information content (AvgIpc) is 3.47. The largest absolute Gasteiger partial charge is 0.464 e. The van der Waals surface area contributed by atoms with Crippen molar-refractivity contribution in [1.29, 1.82) is 0 Å². The van der Waals surface area contributed by atoms with Gasteiger partial charge in [-0.15, -0.1) is 0 Å². The zero-order chi connectivity index (χ0) is 25.1. The van der Waals surface area contributed by atoms with Crippen molar-refractivity contribution in [3.05, 3.63) is 76.1 Å². The number of carbonyl (C=O) groups excluding carboxylic acids is 2.